The van der Waals surface area contributed by atoms with Crippen LogP contribution in [0, 0.1) is 15.5 Å². The van der Waals surface area contributed by atoms with Crippen LogP contribution in [0.5, 0.6) is 0 Å². The van der Waals surface area contributed by atoms with Gasteiger partial charge in [0, 0.05) is 30.9 Å². The minimum atomic E-state index is -1.34. The highest BCUT2D eigenvalue weighted by Crippen LogP contribution is 2.47. The molecule has 2 atom stereocenters. The fraction of sp³-hybridized carbons (Fsp3) is 0.619. The van der Waals surface area contributed by atoms with Crippen molar-refractivity contribution in [1.82, 2.24) is 4.90 Å². The molecule has 1 saturated heterocycles. The lowest BCUT2D eigenvalue weighted by molar-refractivity contribution is -0.384. The minimum Gasteiger partial charge on any atom is -0.445 e. The number of thioether (sulfide) groups is 1. The van der Waals surface area contributed by atoms with Crippen LogP contribution in [-0.2, 0) is 20.6 Å². The summed E-state index contributed by atoms with van der Waals surface area (Å²) in [6.45, 7) is 12.8. The molecule has 0 N–H and O–H groups in total. The Bertz CT molecular complexity index is 811. The summed E-state index contributed by atoms with van der Waals surface area (Å²) >= 11 is 1.26. The third kappa shape index (κ3) is 6.30. The summed E-state index contributed by atoms with van der Waals surface area (Å²) in [5.41, 5.74) is -0.237. The number of rotatable bonds is 7. The van der Waals surface area contributed by atoms with Crippen molar-refractivity contribution in [3.05, 3.63) is 39.9 Å². The smallest absolute Gasteiger partial charge is 0.410 e. The standard InChI is InChI=1S/C21H32N2O6SSi/c1-15(24)30-18-11-21(20(2,3)4,14-29-31(5)6)22(12-18)19(25)28-13-16-7-9-17(10-8-16)23(26)27/h7-10,18,31H,11-14H2,1-6H3/t18-,21+/m0/s1. The normalized spacial score (nSPS) is 21.4. The van der Waals surface area contributed by atoms with Crippen LogP contribution < -0.4 is 0 Å². The molecule has 0 radical (unpaired) electrons. The molecular weight excluding hydrogens is 436 g/mol. The van der Waals surface area contributed by atoms with Gasteiger partial charge in [-0.05, 0) is 42.6 Å². The molecule has 0 spiro atoms. The summed E-state index contributed by atoms with van der Waals surface area (Å²) in [5, 5.41) is 10.8. The third-order valence-electron chi connectivity index (χ3n) is 5.58. The Balaban J connectivity index is 2.23. The molecule has 10 heteroatoms. The fourth-order valence-electron chi connectivity index (χ4n) is 3.80. The van der Waals surface area contributed by atoms with Crippen molar-refractivity contribution in [3.8, 4) is 0 Å². The molecule has 0 aliphatic carbocycles. The minimum absolute atomic E-state index is 0.0118. The maximum absolute atomic E-state index is 13.2. The molecule has 8 nitrogen and oxygen atoms in total. The molecule has 0 saturated carbocycles. The molecule has 1 amide bonds. The zero-order valence-corrected chi connectivity index (χ0v) is 21.0. The first kappa shape index (κ1) is 25.3. The van der Waals surface area contributed by atoms with Crippen LogP contribution in [0.1, 0.15) is 39.7 Å². The first-order chi connectivity index (χ1) is 14.4. The highest BCUT2D eigenvalue weighted by molar-refractivity contribution is 8.14. The Kier molecular flexibility index (Phi) is 8.29. The summed E-state index contributed by atoms with van der Waals surface area (Å²) in [6, 6.07) is 5.93. The predicted molar refractivity (Wildman–Crippen MR) is 124 cm³/mol. The van der Waals surface area contributed by atoms with Crippen molar-refractivity contribution in [2.24, 2.45) is 5.41 Å². The number of nitrogens with zero attached hydrogens (tertiary/aromatic N) is 2. The molecule has 31 heavy (non-hydrogen) atoms. The monoisotopic (exact) mass is 468 g/mol. The second kappa shape index (κ2) is 10.1. The zero-order chi connectivity index (χ0) is 23.4. The van der Waals surface area contributed by atoms with E-state index in [4.69, 9.17) is 9.16 Å². The topological polar surface area (TPSA) is 99.0 Å². The van der Waals surface area contributed by atoms with E-state index in [1.807, 2.05) is 0 Å². The van der Waals surface area contributed by atoms with Crippen LogP contribution in [0.25, 0.3) is 0 Å². The number of nitro benzene ring substituents is 1. The quantitative estimate of drug-likeness (QED) is 0.333. The molecule has 1 aromatic rings. The Labute approximate surface area is 189 Å². The predicted octanol–water partition coefficient (Wildman–Crippen LogP) is 4.37. The molecule has 1 fully saturated rings. The van der Waals surface area contributed by atoms with E-state index >= 15 is 0 Å². The summed E-state index contributed by atoms with van der Waals surface area (Å²) in [4.78, 5) is 37.0. The number of non-ortho nitro benzene ring substituents is 1. The van der Waals surface area contributed by atoms with Crippen LogP contribution in [-0.4, -0.2) is 54.0 Å². The largest absolute Gasteiger partial charge is 0.445 e. The van der Waals surface area contributed by atoms with Gasteiger partial charge in [-0.25, -0.2) is 4.79 Å². The summed E-state index contributed by atoms with van der Waals surface area (Å²) < 4.78 is 11.7. The van der Waals surface area contributed by atoms with Crippen LogP contribution in [0.15, 0.2) is 24.3 Å². The van der Waals surface area contributed by atoms with Gasteiger partial charge in [0.25, 0.3) is 5.69 Å². The lowest BCUT2D eigenvalue weighted by Gasteiger charge is -2.47. The number of hydrogen-bond donors (Lipinski definition) is 0. The van der Waals surface area contributed by atoms with Crippen molar-refractivity contribution >= 4 is 37.7 Å². The first-order valence-corrected chi connectivity index (χ1v) is 14.0. The van der Waals surface area contributed by atoms with Gasteiger partial charge in [0.15, 0.2) is 14.2 Å². The number of nitro groups is 1. The maximum Gasteiger partial charge on any atom is 0.410 e. The molecule has 1 aliphatic heterocycles. The van der Waals surface area contributed by atoms with Gasteiger partial charge < -0.3 is 9.16 Å². The molecule has 2 rings (SSSR count). The maximum atomic E-state index is 13.2. The van der Waals surface area contributed by atoms with Gasteiger partial charge >= 0.3 is 6.09 Å². The highest BCUT2D eigenvalue weighted by Gasteiger charge is 2.56. The second-order valence-corrected chi connectivity index (χ2v) is 13.1. The van der Waals surface area contributed by atoms with Gasteiger partial charge in [-0.2, -0.15) is 0 Å². The van der Waals surface area contributed by atoms with Crippen LogP contribution in [0.4, 0.5) is 10.5 Å². The molecule has 172 valence electrons. The molecule has 1 aliphatic rings. The molecule has 0 bridgehead atoms. The van der Waals surface area contributed by atoms with E-state index in [1.54, 1.807) is 17.0 Å². The number of benzene rings is 1. The average molecular weight is 469 g/mol. The second-order valence-electron chi connectivity index (χ2n) is 9.17. The Morgan fingerprint density at radius 1 is 1.29 bits per heavy atom. The molecule has 1 heterocycles. The number of amides is 1. The van der Waals surface area contributed by atoms with E-state index in [-0.39, 0.29) is 28.1 Å². The average Bonchev–Trinajstić information content (AvgIpc) is 3.03. The van der Waals surface area contributed by atoms with Gasteiger partial charge in [0.2, 0.25) is 0 Å². The lowest BCUT2D eigenvalue weighted by Crippen LogP contribution is -2.59. The van der Waals surface area contributed by atoms with E-state index in [0.29, 0.717) is 25.1 Å². The Morgan fingerprint density at radius 3 is 2.39 bits per heavy atom. The lowest BCUT2D eigenvalue weighted by atomic mass is 9.72. The fourth-order valence-corrected chi connectivity index (χ4v) is 5.46. The number of likely N-dealkylation sites (tertiary alicyclic amines) is 1. The molecule has 0 unspecified atom stereocenters. The van der Waals surface area contributed by atoms with E-state index in [2.05, 4.69) is 33.9 Å². The van der Waals surface area contributed by atoms with Gasteiger partial charge in [-0.3, -0.25) is 19.8 Å². The van der Waals surface area contributed by atoms with E-state index < -0.39 is 25.6 Å². The third-order valence-corrected chi connectivity index (χ3v) is 7.40. The summed E-state index contributed by atoms with van der Waals surface area (Å²) in [6.07, 6.45) is 0.183. The SMILES string of the molecule is CC(=O)S[C@@H]1CN(C(=O)OCc2ccc([N+](=O)[O-])cc2)[C@](CO[SiH](C)C)(C(C)(C)C)C1. The molecular formula is C21H32N2O6SSi. The molecule has 1 aromatic carbocycles. The first-order valence-electron chi connectivity index (χ1n) is 10.3. The Morgan fingerprint density at radius 2 is 1.90 bits per heavy atom. The number of carbonyl (C=O) groups excluding carboxylic acids is 2. The van der Waals surface area contributed by atoms with Gasteiger partial charge in [-0.15, -0.1) is 0 Å². The highest BCUT2D eigenvalue weighted by atomic mass is 32.2. The number of hydrogen-bond acceptors (Lipinski definition) is 7. The molecule has 0 aromatic heterocycles. The van der Waals surface area contributed by atoms with E-state index in [0.717, 1.165) is 0 Å². The van der Waals surface area contributed by atoms with Gasteiger partial charge in [0.05, 0.1) is 17.1 Å². The Hall–Kier alpha value is -1.91. The summed E-state index contributed by atoms with van der Waals surface area (Å²) in [5.74, 6) is 0. The number of ether oxygens (including phenoxy) is 1. The van der Waals surface area contributed by atoms with Gasteiger partial charge in [0.1, 0.15) is 6.61 Å². The van der Waals surface area contributed by atoms with Crippen molar-refractivity contribution in [2.45, 2.75) is 64.6 Å². The van der Waals surface area contributed by atoms with Crippen molar-refractivity contribution in [3.63, 3.8) is 0 Å². The van der Waals surface area contributed by atoms with Crippen molar-refractivity contribution in [1.29, 1.82) is 0 Å². The summed E-state index contributed by atoms with van der Waals surface area (Å²) in [7, 11) is -1.34. The van der Waals surface area contributed by atoms with Crippen molar-refractivity contribution < 1.29 is 23.7 Å². The zero-order valence-electron chi connectivity index (χ0n) is 19.0. The van der Waals surface area contributed by atoms with E-state index in [9.17, 15) is 19.7 Å². The van der Waals surface area contributed by atoms with Crippen LogP contribution in [0.2, 0.25) is 13.1 Å². The van der Waals surface area contributed by atoms with E-state index in [1.165, 1.54) is 30.8 Å². The van der Waals surface area contributed by atoms with Gasteiger partial charge in [-0.1, -0.05) is 32.5 Å². The van der Waals surface area contributed by atoms with Crippen LogP contribution >= 0.6 is 11.8 Å². The van der Waals surface area contributed by atoms with Crippen LogP contribution in [0.3, 0.4) is 0 Å². The van der Waals surface area contributed by atoms with Crippen molar-refractivity contribution in [2.75, 3.05) is 13.2 Å². The number of carbonyl (C=O) groups is 2.